The molecule has 0 aromatic rings. The van der Waals surface area contributed by atoms with E-state index in [4.69, 9.17) is 13.9 Å². The van der Waals surface area contributed by atoms with E-state index < -0.39 is 8.32 Å². The summed E-state index contributed by atoms with van der Waals surface area (Å²) >= 11 is 0. The number of hydrogen-bond acceptors (Lipinski definition) is 3. The van der Waals surface area contributed by atoms with Crippen molar-refractivity contribution in [3.8, 4) is 0 Å². The van der Waals surface area contributed by atoms with Gasteiger partial charge in [-0.25, -0.2) is 0 Å². The van der Waals surface area contributed by atoms with Gasteiger partial charge in [0, 0.05) is 20.8 Å². The fourth-order valence-corrected chi connectivity index (χ4v) is 4.26. The van der Waals surface area contributed by atoms with E-state index in [0.29, 0.717) is 13.2 Å². The minimum atomic E-state index is -1.40. The van der Waals surface area contributed by atoms with E-state index in [0.717, 1.165) is 13.0 Å². The minimum absolute atomic E-state index is 0.688. The summed E-state index contributed by atoms with van der Waals surface area (Å²) < 4.78 is 16.0. The van der Waals surface area contributed by atoms with Crippen molar-refractivity contribution in [1.29, 1.82) is 0 Å². The lowest BCUT2D eigenvalue weighted by Gasteiger charge is -2.24. The third kappa shape index (κ3) is 7.96. The molecule has 0 heterocycles. The molecule has 0 radical (unpaired) electrons. The second kappa shape index (κ2) is 9.33. The Bertz CT molecular complexity index is 144. The molecule has 0 saturated carbocycles. The number of hydrogen-bond donors (Lipinski definition) is 0. The van der Waals surface area contributed by atoms with Gasteiger partial charge in [-0.05, 0) is 25.1 Å². The summed E-state index contributed by atoms with van der Waals surface area (Å²) in [6.45, 7) is 6.76. The molecule has 4 heteroatoms. The summed E-state index contributed by atoms with van der Waals surface area (Å²) in [5, 5.41) is 0. The predicted octanol–water partition coefficient (Wildman–Crippen LogP) is 2.67. The summed E-state index contributed by atoms with van der Waals surface area (Å²) in [6.07, 6.45) is 2.33. The van der Waals surface area contributed by atoms with E-state index in [1.807, 2.05) is 7.11 Å². The van der Waals surface area contributed by atoms with Crippen molar-refractivity contribution in [1.82, 2.24) is 0 Å². The fourth-order valence-electron chi connectivity index (χ4n) is 1.65. The molecule has 0 aliphatic heterocycles. The molecule has 0 amide bonds. The highest BCUT2D eigenvalue weighted by molar-refractivity contribution is 6.72. The Morgan fingerprint density at radius 1 is 1.00 bits per heavy atom. The Morgan fingerprint density at radius 2 is 1.73 bits per heavy atom. The van der Waals surface area contributed by atoms with Crippen LogP contribution in [0.1, 0.15) is 19.8 Å². The van der Waals surface area contributed by atoms with Crippen LogP contribution in [0.3, 0.4) is 0 Å². The first-order chi connectivity index (χ1) is 7.18. The molecule has 0 aromatic carbocycles. The quantitative estimate of drug-likeness (QED) is 0.430. The predicted molar refractivity (Wildman–Crippen MR) is 65.8 cm³/mol. The third-order valence-corrected chi connectivity index (χ3v) is 6.65. The zero-order valence-corrected chi connectivity index (χ0v) is 11.7. The number of rotatable bonds is 10. The number of ether oxygens (including phenoxy) is 2. The topological polar surface area (TPSA) is 27.7 Å². The van der Waals surface area contributed by atoms with Crippen LogP contribution in [0, 0.1) is 0 Å². The smallest absolute Gasteiger partial charge is 0.189 e. The zero-order chi connectivity index (χ0) is 11.6. The molecule has 0 spiro atoms. The molecule has 0 aromatic heterocycles. The normalized spacial score (nSPS) is 15.2. The summed E-state index contributed by atoms with van der Waals surface area (Å²) in [4.78, 5) is 0. The van der Waals surface area contributed by atoms with E-state index in [9.17, 15) is 0 Å². The van der Waals surface area contributed by atoms with Crippen molar-refractivity contribution in [2.24, 2.45) is 0 Å². The zero-order valence-electron chi connectivity index (χ0n) is 10.7. The lowest BCUT2D eigenvalue weighted by atomic mass is 10.5. The Labute approximate surface area is 95.2 Å². The van der Waals surface area contributed by atoms with E-state index >= 15 is 0 Å². The molecule has 0 fully saturated rings. The van der Waals surface area contributed by atoms with Gasteiger partial charge < -0.3 is 13.9 Å². The van der Waals surface area contributed by atoms with Gasteiger partial charge in [0.15, 0.2) is 8.32 Å². The molecule has 3 nitrogen and oxygen atoms in total. The molecule has 0 rings (SSSR count). The van der Waals surface area contributed by atoms with Gasteiger partial charge in [-0.15, -0.1) is 0 Å². The minimum Gasteiger partial charge on any atom is -0.420 e. The van der Waals surface area contributed by atoms with Gasteiger partial charge in [0.25, 0.3) is 0 Å². The van der Waals surface area contributed by atoms with Gasteiger partial charge in [-0.3, -0.25) is 0 Å². The standard InChI is InChI=1S/C11H26O3Si/c1-5-10-15(4,13-3)11-6-7-14-9-8-12-2/h5-11H2,1-4H3. The van der Waals surface area contributed by atoms with Gasteiger partial charge in [0.05, 0.1) is 13.2 Å². The highest BCUT2D eigenvalue weighted by Gasteiger charge is 2.25. The monoisotopic (exact) mass is 234 g/mol. The molecule has 0 aliphatic rings. The molecule has 0 bridgehead atoms. The first-order valence-electron chi connectivity index (χ1n) is 5.80. The van der Waals surface area contributed by atoms with Gasteiger partial charge in [-0.1, -0.05) is 13.3 Å². The maximum atomic E-state index is 5.66. The lowest BCUT2D eigenvalue weighted by molar-refractivity contribution is 0.0706. The second-order valence-electron chi connectivity index (χ2n) is 4.11. The van der Waals surface area contributed by atoms with E-state index in [1.54, 1.807) is 7.11 Å². The summed E-state index contributed by atoms with van der Waals surface area (Å²) in [5.74, 6) is 0. The molecule has 1 unspecified atom stereocenters. The molecule has 0 N–H and O–H groups in total. The van der Waals surface area contributed by atoms with Crippen LogP contribution in [-0.2, 0) is 13.9 Å². The molecular formula is C11H26O3Si. The Hall–Kier alpha value is 0.0969. The average Bonchev–Trinajstić information content (AvgIpc) is 2.24. The van der Waals surface area contributed by atoms with E-state index in [1.165, 1.54) is 18.5 Å². The van der Waals surface area contributed by atoms with Crippen molar-refractivity contribution < 1.29 is 13.9 Å². The van der Waals surface area contributed by atoms with Crippen LogP contribution in [0.2, 0.25) is 18.6 Å². The van der Waals surface area contributed by atoms with Crippen molar-refractivity contribution in [3.63, 3.8) is 0 Å². The van der Waals surface area contributed by atoms with Crippen molar-refractivity contribution in [3.05, 3.63) is 0 Å². The summed E-state index contributed by atoms with van der Waals surface area (Å²) in [7, 11) is 2.15. The van der Waals surface area contributed by atoms with Gasteiger partial charge >= 0.3 is 0 Å². The van der Waals surface area contributed by atoms with Crippen molar-refractivity contribution in [2.45, 2.75) is 38.4 Å². The van der Waals surface area contributed by atoms with Gasteiger partial charge in [0.1, 0.15) is 0 Å². The van der Waals surface area contributed by atoms with Crippen LogP contribution in [0.25, 0.3) is 0 Å². The van der Waals surface area contributed by atoms with E-state index in [-0.39, 0.29) is 0 Å². The maximum Gasteiger partial charge on any atom is 0.189 e. The van der Waals surface area contributed by atoms with Crippen LogP contribution in [0.15, 0.2) is 0 Å². The Kier molecular flexibility index (Phi) is 9.39. The average molecular weight is 234 g/mol. The summed E-state index contributed by atoms with van der Waals surface area (Å²) in [6, 6.07) is 2.45. The van der Waals surface area contributed by atoms with Crippen molar-refractivity contribution >= 4 is 8.32 Å². The first-order valence-corrected chi connectivity index (χ1v) is 8.62. The van der Waals surface area contributed by atoms with Gasteiger partial charge in [0.2, 0.25) is 0 Å². The highest BCUT2D eigenvalue weighted by atomic mass is 28.4. The fraction of sp³-hybridized carbons (Fsp3) is 1.00. The first kappa shape index (κ1) is 15.1. The molecule has 1 atom stereocenters. The molecule has 15 heavy (non-hydrogen) atoms. The molecule has 0 aliphatic carbocycles. The number of methoxy groups -OCH3 is 1. The second-order valence-corrected chi connectivity index (χ2v) is 8.42. The maximum absolute atomic E-state index is 5.66. The molecule has 0 saturated heterocycles. The third-order valence-electron chi connectivity index (χ3n) is 2.70. The van der Waals surface area contributed by atoms with Crippen LogP contribution in [0.5, 0.6) is 0 Å². The molecule has 92 valence electrons. The lowest BCUT2D eigenvalue weighted by Crippen LogP contribution is -2.32. The van der Waals surface area contributed by atoms with Crippen LogP contribution in [0.4, 0.5) is 0 Å². The van der Waals surface area contributed by atoms with Crippen LogP contribution >= 0.6 is 0 Å². The largest absolute Gasteiger partial charge is 0.420 e. The van der Waals surface area contributed by atoms with Crippen molar-refractivity contribution in [2.75, 3.05) is 34.0 Å². The van der Waals surface area contributed by atoms with E-state index in [2.05, 4.69) is 13.5 Å². The Morgan fingerprint density at radius 3 is 2.27 bits per heavy atom. The van der Waals surface area contributed by atoms with Crippen LogP contribution in [-0.4, -0.2) is 42.4 Å². The Balaban J connectivity index is 3.46. The van der Waals surface area contributed by atoms with Gasteiger partial charge in [-0.2, -0.15) is 0 Å². The summed E-state index contributed by atoms with van der Waals surface area (Å²) in [5.41, 5.74) is 0. The SMILES string of the molecule is CCC[Si](C)(CCCOCCOC)OC. The highest BCUT2D eigenvalue weighted by Crippen LogP contribution is 2.19. The molecular weight excluding hydrogens is 208 g/mol. The van der Waals surface area contributed by atoms with Crippen LogP contribution < -0.4 is 0 Å².